The van der Waals surface area contributed by atoms with Crippen molar-refractivity contribution in [3.63, 3.8) is 0 Å². The number of nitrogens with zero attached hydrogens (tertiary/aromatic N) is 2. The first-order chi connectivity index (χ1) is 9.60. The summed E-state index contributed by atoms with van der Waals surface area (Å²) in [7, 11) is 0. The smallest absolute Gasteiger partial charge is 0.141 e. The van der Waals surface area contributed by atoms with Gasteiger partial charge in [-0.15, -0.1) is 0 Å². The van der Waals surface area contributed by atoms with Crippen molar-refractivity contribution >= 4 is 0 Å². The molecule has 0 amide bonds. The Morgan fingerprint density at radius 3 is 2.65 bits per heavy atom. The van der Waals surface area contributed by atoms with Crippen LogP contribution in [0.25, 0.3) is 0 Å². The molecule has 0 saturated heterocycles. The third kappa shape index (κ3) is 2.77. The van der Waals surface area contributed by atoms with Gasteiger partial charge in [0.15, 0.2) is 0 Å². The van der Waals surface area contributed by atoms with Gasteiger partial charge < -0.3 is 10.5 Å². The maximum absolute atomic E-state index is 13.0. The Hall–Kier alpha value is -2.01. The SMILES string of the molecule is CCOc1cncc(C(N)(CC)c2ccc(F)cn2)c1. The molecular formula is C15H18FN3O. The predicted octanol–water partition coefficient (Wildman–Crippen LogP) is 2.63. The Morgan fingerprint density at radius 1 is 1.25 bits per heavy atom. The highest BCUT2D eigenvalue weighted by Crippen LogP contribution is 2.30. The molecule has 2 N–H and O–H groups in total. The van der Waals surface area contributed by atoms with Crippen molar-refractivity contribution in [3.05, 3.63) is 53.9 Å². The average Bonchev–Trinajstić information content (AvgIpc) is 2.48. The first-order valence-corrected chi connectivity index (χ1v) is 6.59. The van der Waals surface area contributed by atoms with Crippen LogP contribution in [0.4, 0.5) is 4.39 Å². The Balaban J connectivity index is 2.44. The third-order valence-corrected chi connectivity index (χ3v) is 3.28. The van der Waals surface area contributed by atoms with E-state index in [-0.39, 0.29) is 5.82 Å². The second kappa shape index (κ2) is 5.96. The van der Waals surface area contributed by atoms with E-state index in [0.717, 1.165) is 5.56 Å². The molecule has 106 valence electrons. The molecule has 1 unspecified atom stereocenters. The summed E-state index contributed by atoms with van der Waals surface area (Å²) < 4.78 is 18.5. The Labute approximate surface area is 117 Å². The fourth-order valence-electron chi connectivity index (χ4n) is 2.08. The van der Waals surface area contributed by atoms with E-state index in [4.69, 9.17) is 10.5 Å². The number of pyridine rings is 2. The van der Waals surface area contributed by atoms with Gasteiger partial charge in [0.25, 0.3) is 0 Å². The van der Waals surface area contributed by atoms with Gasteiger partial charge in [-0.2, -0.15) is 0 Å². The first-order valence-electron chi connectivity index (χ1n) is 6.59. The zero-order valence-electron chi connectivity index (χ0n) is 11.6. The summed E-state index contributed by atoms with van der Waals surface area (Å²) in [5.41, 5.74) is 7.07. The summed E-state index contributed by atoms with van der Waals surface area (Å²) in [4.78, 5) is 8.26. The van der Waals surface area contributed by atoms with Gasteiger partial charge in [-0.1, -0.05) is 6.92 Å². The lowest BCUT2D eigenvalue weighted by atomic mass is 9.85. The van der Waals surface area contributed by atoms with Crippen LogP contribution >= 0.6 is 0 Å². The highest BCUT2D eigenvalue weighted by molar-refractivity contribution is 5.36. The zero-order chi connectivity index (χ0) is 14.6. The van der Waals surface area contributed by atoms with Gasteiger partial charge in [-0.25, -0.2) is 4.39 Å². The van der Waals surface area contributed by atoms with Crippen molar-refractivity contribution in [2.75, 3.05) is 6.61 Å². The second-order valence-electron chi connectivity index (χ2n) is 4.53. The highest BCUT2D eigenvalue weighted by Gasteiger charge is 2.30. The quantitative estimate of drug-likeness (QED) is 0.911. The average molecular weight is 275 g/mol. The normalized spacial score (nSPS) is 13.8. The maximum atomic E-state index is 13.0. The number of aromatic nitrogens is 2. The lowest BCUT2D eigenvalue weighted by Crippen LogP contribution is -2.38. The van der Waals surface area contributed by atoms with Crippen LogP contribution in [-0.4, -0.2) is 16.6 Å². The van der Waals surface area contributed by atoms with Crippen LogP contribution in [0, 0.1) is 5.82 Å². The van der Waals surface area contributed by atoms with Crippen LogP contribution in [0.2, 0.25) is 0 Å². The molecule has 0 spiro atoms. The van der Waals surface area contributed by atoms with E-state index in [1.807, 2.05) is 19.9 Å². The van der Waals surface area contributed by atoms with Crippen molar-refractivity contribution in [2.24, 2.45) is 5.73 Å². The van der Waals surface area contributed by atoms with Gasteiger partial charge in [-0.05, 0) is 37.1 Å². The lowest BCUT2D eigenvalue weighted by molar-refractivity contribution is 0.337. The molecule has 0 aliphatic heterocycles. The van der Waals surface area contributed by atoms with E-state index in [9.17, 15) is 4.39 Å². The molecule has 0 aliphatic carbocycles. The van der Waals surface area contributed by atoms with Crippen LogP contribution in [0.1, 0.15) is 31.5 Å². The number of nitrogens with two attached hydrogens (primary N) is 1. The fourth-order valence-corrected chi connectivity index (χ4v) is 2.08. The molecule has 0 aromatic carbocycles. The monoisotopic (exact) mass is 275 g/mol. The van der Waals surface area contributed by atoms with E-state index in [2.05, 4.69) is 9.97 Å². The summed E-state index contributed by atoms with van der Waals surface area (Å²) in [6, 6.07) is 4.82. The number of rotatable bonds is 5. The molecule has 0 fully saturated rings. The van der Waals surface area contributed by atoms with Gasteiger partial charge in [-0.3, -0.25) is 9.97 Å². The molecule has 0 radical (unpaired) electrons. The molecule has 4 nitrogen and oxygen atoms in total. The number of halogens is 1. The Morgan fingerprint density at radius 2 is 2.05 bits per heavy atom. The Kier molecular flexibility index (Phi) is 4.29. The van der Waals surface area contributed by atoms with Gasteiger partial charge >= 0.3 is 0 Å². The molecule has 2 heterocycles. The molecule has 0 saturated carbocycles. The Bertz CT molecular complexity index is 574. The van der Waals surface area contributed by atoms with Crippen LogP contribution < -0.4 is 10.5 Å². The summed E-state index contributed by atoms with van der Waals surface area (Å²) >= 11 is 0. The van der Waals surface area contributed by atoms with Gasteiger partial charge in [0.1, 0.15) is 11.6 Å². The van der Waals surface area contributed by atoms with Crippen molar-refractivity contribution < 1.29 is 9.13 Å². The van der Waals surface area contributed by atoms with Crippen LogP contribution in [0.15, 0.2) is 36.8 Å². The second-order valence-corrected chi connectivity index (χ2v) is 4.53. The van der Waals surface area contributed by atoms with E-state index >= 15 is 0 Å². The molecule has 1 atom stereocenters. The van der Waals surface area contributed by atoms with E-state index < -0.39 is 5.54 Å². The van der Waals surface area contributed by atoms with Crippen molar-refractivity contribution in [2.45, 2.75) is 25.8 Å². The fraction of sp³-hybridized carbons (Fsp3) is 0.333. The third-order valence-electron chi connectivity index (χ3n) is 3.28. The summed E-state index contributed by atoms with van der Waals surface area (Å²) in [6.07, 6.45) is 5.12. The topological polar surface area (TPSA) is 61.0 Å². The first kappa shape index (κ1) is 14.4. The van der Waals surface area contributed by atoms with Gasteiger partial charge in [0.05, 0.1) is 30.2 Å². The van der Waals surface area contributed by atoms with Crippen molar-refractivity contribution in [1.29, 1.82) is 0 Å². The van der Waals surface area contributed by atoms with E-state index in [1.165, 1.54) is 12.3 Å². The van der Waals surface area contributed by atoms with Crippen molar-refractivity contribution in [1.82, 2.24) is 9.97 Å². The highest BCUT2D eigenvalue weighted by atomic mass is 19.1. The molecule has 2 rings (SSSR count). The minimum atomic E-state index is -0.812. The summed E-state index contributed by atoms with van der Waals surface area (Å²) in [5, 5.41) is 0. The van der Waals surface area contributed by atoms with E-state index in [1.54, 1.807) is 18.5 Å². The molecular weight excluding hydrogens is 257 g/mol. The molecule has 0 aliphatic rings. The zero-order valence-corrected chi connectivity index (χ0v) is 11.6. The number of ether oxygens (including phenoxy) is 1. The molecule has 5 heteroatoms. The molecule has 0 bridgehead atoms. The minimum Gasteiger partial charge on any atom is -0.492 e. The predicted molar refractivity (Wildman–Crippen MR) is 74.9 cm³/mol. The lowest BCUT2D eigenvalue weighted by Gasteiger charge is -2.28. The minimum absolute atomic E-state index is 0.381. The van der Waals surface area contributed by atoms with Crippen LogP contribution in [0.5, 0.6) is 5.75 Å². The summed E-state index contributed by atoms with van der Waals surface area (Å²) in [6.45, 7) is 4.42. The standard InChI is InChI=1S/C15H18FN3O/c1-3-15(17,14-6-5-12(16)9-19-14)11-7-13(20-4-2)10-18-8-11/h5-10H,3-4,17H2,1-2H3. The number of hydrogen-bond donors (Lipinski definition) is 1. The molecule has 20 heavy (non-hydrogen) atoms. The maximum Gasteiger partial charge on any atom is 0.141 e. The largest absolute Gasteiger partial charge is 0.492 e. The van der Waals surface area contributed by atoms with Gasteiger partial charge in [0, 0.05) is 6.20 Å². The molecule has 2 aromatic rings. The van der Waals surface area contributed by atoms with Crippen LogP contribution in [0.3, 0.4) is 0 Å². The van der Waals surface area contributed by atoms with Crippen LogP contribution in [-0.2, 0) is 5.54 Å². The summed E-state index contributed by atoms with van der Waals surface area (Å²) in [5.74, 6) is 0.281. The molecule has 2 aromatic heterocycles. The van der Waals surface area contributed by atoms with E-state index in [0.29, 0.717) is 24.5 Å². The van der Waals surface area contributed by atoms with Crippen molar-refractivity contribution in [3.8, 4) is 5.75 Å². The number of hydrogen-bond acceptors (Lipinski definition) is 4. The van der Waals surface area contributed by atoms with Gasteiger partial charge in [0.2, 0.25) is 0 Å².